The van der Waals surface area contributed by atoms with Crippen LogP contribution in [0.25, 0.3) is 0 Å². The molecule has 0 unspecified atom stereocenters. The zero-order chi connectivity index (χ0) is 11.4. The van der Waals surface area contributed by atoms with Gasteiger partial charge in [0.25, 0.3) is 0 Å². The van der Waals surface area contributed by atoms with Gasteiger partial charge in [0.1, 0.15) is 5.82 Å². The molecule has 84 valence electrons. The maximum Gasteiger partial charge on any atom is 0.127 e. The first-order chi connectivity index (χ1) is 7.04. The van der Waals surface area contributed by atoms with Gasteiger partial charge >= 0.3 is 0 Å². The predicted molar refractivity (Wildman–Crippen MR) is 60.4 cm³/mol. The maximum atomic E-state index is 13.1. The average Bonchev–Trinajstić information content (AvgIpc) is 2.11. The van der Waals surface area contributed by atoms with Crippen molar-refractivity contribution in [3.63, 3.8) is 0 Å². The third kappa shape index (κ3) is 3.09. The highest BCUT2D eigenvalue weighted by molar-refractivity contribution is 5.56. The van der Waals surface area contributed by atoms with E-state index in [0.29, 0.717) is 17.9 Å². The standard InChI is InChI=1S/C11H17FN2O/c1-8(2)14(3-4-15)11-6-9(12)5-10(13)7-11/h5-8,15H,3-4,13H2,1-2H3. The largest absolute Gasteiger partial charge is 0.399 e. The second-order valence-corrected chi connectivity index (χ2v) is 3.75. The molecule has 0 aliphatic heterocycles. The SMILES string of the molecule is CC(C)N(CCO)c1cc(N)cc(F)c1. The van der Waals surface area contributed by atoms with Gasteiger partial charge in [-0.3, -0.25) is 0 Å². The number of anilines is 2. The minimum absolute atomic E-state index is 0.0363. The van der Waals surface area contributed by atoms with Crippen molar-refractivity contribution in [1.29, 1.82) is 0 Å². The van der Waals surface area contributed by atoms with E-state index in [1.165, 1.54) is 12.1 Å². The molecule has 0 aliphatic carbocycles. The minimum Gasteiger partial charge on any atom is -0.399 e. The molecule has 0 saturated carbocycles. The van der Waals surface area contributed by atoms with Crippen LogP contribution in [0.4, 0.5) is 15.8 Å². The molecule has 15 heavy (non-hydrogen) atoms. The Morgan fingerprint density at radius 3 is 2.53 bits per heavy atom. The van der Waals surface area contributed by atoms with Crippen molar-refractivity contribution in [2.75, 3.05) is 23.8 Å². The molecule has 1 rings (SSSR count). The molecule has 0 aromatic heterocycles. The summed E-state index contributed by atoms with van der Waals surface area (Å²) in [4.78, 5) is 1.90. The third-order valence-corrected chi connectivity index (χ3v) is 2.20. The van der Waals surface area contributed by atoms with E-state index in [0.717, 1.165) is 0 Å². The minimum atomic E-state index is -0.353. The van der Waals surface area contributed by atoms with Gasteiger partial charge in [-0.25, -0.2) is 4.39 Å². The normalized spacial score (nSPS) is 10.7. The number of hydrogen-bond donors (Lipinski definition) is 2. The summed E-state index contributed by atoms with van der Waals surface area (Å²) in [6.07, 6.45) is 0. The highest BCUT2D eigenvalue weighted by Crippen LogP contribution is 2.21. The van der Waals surface area contributed by atoms with Crippen LogP contribution in [0.15, 0.2) is 18.2 Å². The first kappa shape index (κ1) is 11.8. The van der Waals surface area contributed by atoms with Gasteiger partial charge < -0.3 is 15.7 Å². The highest BCUT2D eigenvalue weighted by Gasteiger charge is 2.11. The summed E-state index contributed by atoms with van der Waals surface area (Å²) in [7, 11) is 0. The first-order valence-corrected chi connectivity index (χ1v) is 4.98. The van der Waals surface area contributed by atoms with Crippen molar-refractivity contribution < 1.29 is 9.50 Å². The predicted octanol–water partition coefficient (Wildman–Crippen LogP) is 1.61. The molecule has 1 aromatic carbocycles. The smallest absolute Gasteiger partial charge is 0.127 e. The second kappa shape index (κ2) is 4.98. The molecule has 0 radical (unpaired) electrons. The fourth-order valence-electron chi connectivity index (χ4n) is 1.56. The Balaban J connectivity index is 2.99. The van der Waals surface area contributed by atoms with Crippen molar-refractivity contribution in [3.05, 3.63) is 24.0 Å². The maximum absolute atomic E-state index is 13.1. The number of nitrogen functional groups attached to an aromatic ring is 1. The van der Waals surface area contributed by atoms with Crippen LogP contribution in [0.1, 0.15) is 13.8 Å². The van der Waals surface area contributed by atoms with Crippen LogP contribution < -0.4 is 10.6 Å². The number of aliphatic hydroxyl groups is 1. The Morgan fingerprint density at radius 2 is 2.07 bits per heavy atom. The zero-order valence-corrected chi connectivity index (χ0v) is 9.07. The molecule has 0 bridgehead atoms. The molecular weight excluding hydrogens is 195 g/mol. The third-order valence-electron chi connectivity index (χ3n) is 2.20. The molecule has 0 fully saturated rings. The van der Waals surface area contributed by atoms with Crippen LogP contribution in [0.2, 0.25) is 0 Å². The fourth-order valence-corrected chi connectivity index (χ4v) is 1.56. The van der Waals surface area contributed by atoms with Crippen molar-refractivity contribution in [1.82, 2.24) is 0 Å². The summed E-state index contributed by atoms with van der Waals surface area (Å²) in [5, 5.41) is 8.92. The van der Waals surface area contributed by atoms with Gasteiger partial charge in [-0.1, -0.05) is 0 Å². The number of nitrogens with two attached hydrogens (primary N) is 1. The van der Waals surface area contributed by atoms with Gasteiger partial charge in [-0.2, -0.15) is 0 Å². The molecule has 0 amide bonds. The Hall–Kier alpha value is -1.29. The average molecular weight is 212 g/mol. The number of nitrogens with zero attached hydrogens (tertiary/aromatic N) is 1. The van der Waals surface area contributed by atoms with E-state index in [2.05, 4.69) is 0 Å². The summed E-state index contributed by atoms with van der Waals surface area (Å²) in [6.45, 7) is 4.47. The lowest BCUT2D eigenvalue weighted by molar-refractivity contribution is 0.299. The number of halogens is 1. The van der Waals surface area contributed by atoms with Crippen LogP contribution in [-0.2, 0) is 0 Å². The molecule has 0 atom stereocenters. The monoisotopic (exact) mass is 212 g/mol. The summed E-state index contributed by atoms with van der Waals surface area (Å²) in [5.41, 5.74) is 6.67. The van der Waals surface area contributed by atoms with Crippen molar-refractivity contribution in [3.8, 4) is 0 Å². The number of aliphatic hydroxyl groups excluding tert-OH is 1. The van der Waals surface area contributed by atoms with E-state index in [9.17, 15) is 4.39 Å². The lowest BCUT2D eigenvalue weighted by Crippen LogP contribution is -2.33. The second-order valence-electron chi connectivity index (χ2n) is 3.75. The van der Waals surface area contributed by atoms with Gasteiger partial charge in [0.15, 0.2) is 0 Å². The molecule has 1 aromatic rings. The Morgan fingerprint density at radius 1 is 1.40 bits per heavy atom. The van der Waals surface area contributed by atoms with Crippen LogP contribution in [-0.4, -0.2) is 24.3 Å². The van der Waals surface area contributed by atoms with E-state index in [1.807, 2.05) is 18.7 Å². The summed E-state index contributed by atoms with van der Waals surface area (Å²) in [5.74, 6) is -0.353. The van der Waals surface area contributed by atoms with E-state index >= 15 is 0 Å². The molecule has 0 saturated heterocycles. The van der Waals surface area contributed by atoms with Gasteiger partial charge in [-0.05, 0) is 32.0 Å². The highest BCUT2D eigenvalue weighted by atomic mass is 19.1. The molecule has 3 nitrogen and oxygen atoms in total. The first-order valence-electron chi connectivity index (χ1n) is 4.98. The van der Waals surface area contributed by atoms with E-state index in [4.69, 9.17) is 10.8 Å². The zero-order valence-electron chi connectivity index (χ0n) is 9.07. The Bertz CT molecular complexity index is 308. The number of rotatable bonds is 4. The number of hydrogen-bond acceptors (Lipinski definition) is 3. The van der Waals surface area contributed by atoms with E-state index in [-0.39, 0.29) is 18.5 Å². The van der Waals surface area contributed by atoms with Crippen LogP contribution >= 0.6 is 0 Å². The van der Waals surface area contributed by atoms with Crippen LogP contribution in [0.3, 0.4) is 0 Å². The quantitative estimate of drug-likeness (QED) is 0.745. The van der Waals surface area contributed by atoms with Gasteiger partial charge in [0.05, 0.1) is 6.61 Å². The Kier molecular flexibility index (Phi) is 3.91. The van der Waals surface area contributed by atoms with E-state index in [1.54, 1.807) is 6.07 Å². The van der Waals surface area contributed by atoms with Gasteiger partial charge in [-0.15, -0.1) is 0 Å². The summed E-state index contributed by atoms with van der Waals surface area (Å²) < 4.78 is 13.1. The summed E-state index contributed by atoms with van der Waals surface area (Å²) in [6, 6.07) is 4.60. The summed E-state index contributed by atoms with van der Waals surface area (Å²) >= 11 is 0. The van der Waals surface area contributed by atoms with Crippen molar-refractivity contribution in [2.45, 2.75) is 19.9 Å². The molecule has 0 heterocycles. The molecule has 4 heteroatoms. The van der Waals surface area contributed by atoms with Crippen LogP contribution in [0, 0.1) is 5.82 Å². The fraction of sp³-hybridized carbons (Fsp3) is 0.455. The van der Waals surface area contributed by atoms with Crippen molar-refractivity contribution in [2.24, 2.45) is 0 Å². The molecule has 3 N–H and O–H groups in total. The van der Waals surface area contributed by atoms with Crippen LogP contribution in [0.5, 0.6) is 0 Å². The van der Waals surface area contributed by atoms with Gasteiger partial charge in [0, 0.05) is 24.0 Å². The molecule has 0 aliphatic rings. The number of benzene rings is 1. The lowest BCUT2D eigenvalue weighted by Gasteiger charge is -2.28. The van der Waals surface area contributed by atoms with Crippen molar-refractivity contribution >= 4 is 11.4 Å². The topological polar surface area (TPSA) is 49.5 Å². The van der Waals surface area contributed by atoms with E-state index < -0.39 is 0 Å². The Labute approximate surface area is 89.3 Å². The molecule has 0 spiro atoms. The van der Waals surface area contributed by atoms with Gasteiger partial charge in [0.2, 0.25) is 0 Å². The lowest BCUT2D eigenvalue weighted by atomic mass is 10.2. The molecular formula is C11H17FN2O.